The van der Waals surface area contributed by atoms with Crippen molar-refractivity contribution in [2.24, 2.45) is 0 Å². The van der Waals surface area contributed by atoms with E-state index in [1.165, 1.54) is 12.4 Å². The van der Waals surface area contributed by atoms with Gasteiger partial charge in [-0.15, -0.1) is 0 Å². The molecule has 0 saturated heterocycles. The highest BCUT2D eigenvalue weighted by Gasteiger charge is 2.21. The molecule has 0 amide bonds. The summed E-state index contributed by atoms with van der Waals surface area (Å²) in [5.74, 6) is 0.0393. The molecule has 3 rings (SSSR count). The van der Waals surface area contributed by atoms with Gasteiger partial charge < -0.3 is 5.73 Å². The molecule has 0 saturated carbocycles. The molecule has 0 aliphatic rings. The summed E-state index contributed by atoms with van der Waals surface area (Å²) in [5.41, 5.74) is 6.49. The Morgan fingerprint density at radius 1 is 1.20 bits per heavy atom. The SMILES string of the molecule is Cc1ccccc1S(=O)(=O)n1ccc2cnc(N)nc21. The molecule has 0 aliphatic heterocycles. The van der Waals surface area contributed by atoms with E-state index in [-0.39, 0.29) is 16.5 Å². The minimum absolute atomic E-state index is 0.0393. The van der Waals surface area contributed by atoms with Crippen molar-refractivity contribution < 1.29 is 8.42 Å². The van der Waals surface area contributed by atoms with Crippen LogP contribution in [0.3, 0.4) is 0 Å². The van der Waals surface area contributed by atoms with Gasteiger partial charge in [0.05, 0.1) is 4.90 Å². The fraction of sp³-hybridized carbons (Fsp3) is 0.0769. The number of nitrogens with zero attached hydrogens (tertiary/aromatic N) is 3. The van der Waals surface area contributed by atoms with Gasteiger partial charge in [0.25, 0.3) is 10.0 Å². The summed E-state index contributed by atoms with van der Waals surface area (Å²) in [6.45, 7) is 1.75. The zero-order valence-electron chi connectivity index (χ0n) is 10.7. The normalized spacial score (nSPS) is 11.8. The Morgan fingerprint density at radius 2 is 1.95 bits per heavy atom. The second-order valence-corrected chi connectivity index (χ2v) is 6.17. The summed E-state index contributed by atoms with van der Waals surface area (Å²) < 4.78 is 26.5. The van der Waals surface area contributed by atoms with E-state index in [1.54, 1.807) is 37.3 Å². The maximum Gasteiger partial charge on any atom is 0.269 e. The molecule has 20 heavy (non-hydrogen) atoms. The van der Waals surface area contributed by atoms with Crippen molar-refractivity contribution in [3.05, 3.63) is 48.3 Å². The smallest absolute Gasteiger partial charge is 0.269 e. The zero-order chi connectivity index (χ0) is 14.3. The number of nitrogen functional groups attached to an aromatic ring is 1. The van der Waals surface area contributed by atoms with Crippen LogP contribution in [0.5, 0.6) is 0 Å². The lowest BCUT2D eigenvalue weighted by atomic mass is 10.2. The van der Waals surface area contributed by atoms with Crippen LogP contribution in [0.25, 0.3) is 11.0 Å². The maximum absolute atomic E-state index is 12.7. The van der Waals surface area contributed by atoms with E-state index < -0.39 is 10.0 Å². The van der Waals surface area contributed by atoms with E-state index in [1.807, 2.05) is 0 Å². The Hall–Kier alpha value is -2.41. The van der Waals surface area contributed by atoms with Gasteiger partial charge in [-0.25, -0.2) is 17.4 Å². The average molecular weight is 288 g/mol. The largest absolute Gasteiger partial charge is 0.368 e. The Morgan fingerprint density at radius 3 is 2.70 bits per heavy atom. The van der Waals surface area contributed by atoms with Gasteiger partial charge in [-0.3, -0.25) is 0 Å². The van der Waals surface area contributed by atoms with E-state index in [2.05, 4.69) is 9.97 Å². The second-order valence-electron chi connectivity index (χ2n) is 4.39. The number of benzene rings is 1. The number of anilines is 1. The number of hydrogen-bond donors (Lipinski definition) is 1. The van der Waals surface area contributed by atoms with Gasteiger partial charge in [-0.1, -0.05) is 18.2 Å². The molecule has 2 N–H and O–H groups in total. The average Bonchev–Trinajstić information content (AvgIpc) is 2.82. The summed E-state index contributed by atoms with van der Waals surface area (Å²) in [5, 5.41) is 0.622. The van der Waals surface area contributed by atoms with Crippen molar-refractivity contribution >= 4 is 27.0 Å². The molecule has 102 valence electrons. The van der Waals surface area contributed by atoms with Crippen LogP contribution in [0.2, 0.25) is 0 Å². The standard InChI is InChI=1S/C13H12N4O2S/c1-9-4-2-3-5-11(9)20(18,19)17-7-6-10-8-15-13(14)16-12(10)17/h2-8H,1H3,(H2,14,15,16). The van der Waals surface area contributed by atoms with Crippen LogP contribution in [0.15, 0.2) is 47.6 Å². The Kier molecular flexibility index (Phi) is 2.72. The first kappa shape index (κ1) is 12.6. The molecule has 0 unspecified atom stereocenters. The molecule has 0 aliphatic carbocycles. The number of nitrogens with two attached hydrogens (primary N) is 1. The number of rotatable bonds is 2. The van der Waals surface area contributed by atoms with E-state index in [4.69, 9.17) is 5.73 Å². The highest BCUT2D eigenvalue weighted by Crippen LogP contribution is 2.22. The topological polar surface area (TPSA) is 90.9 Å². The van der Waals surface area contributed by atoms with Gasteiger partial charge >= 0.3 is 0 Å². The third-order valence-corrected chi connectivity index (χ3v) is 4.87. The predicted molar refractivity (Wildman–Crippen MR) is 75.7 cm³/mol. The van der Waals surface area contributed by atoms with Crippen LogP contribution in [0.1, 0.15) is 5.56 Å². The molecule has 7 heteroatoms. The maximum atomic E-state index is 12.7. The molecule has 3 aromatic rings. The van der Waals surface area contributed by atoms with Crippen LogP contribution in [-0.2, 0) is 10.0 Å². The minimum atomic E-state index is -3.70. The molecule has 6 nitrogen and oxygen atoms in total. The number of aromatic nitrogens is 3. The predicted octanol–water partition coefficient (Wildman–Crippen LogP) is 1.56. The van der Waals surface area contributed by atoms with Gasteiger partial charge in [-0.05, 0) is 24.6 Å². The quantitative estimate of drug-likeness (QED) is 0.772. The van der Waals surface area contributed by atoms with E-state index in [0.717, 1.165) is 3.97 Å². The molecule has 0 radical (unpaired) electrons. The number of aryl methyl sites for hydroxylation is 1. The van der Waals surface area contributed by atoms with Crippen LogP contribution < -0.4 is 5.73 Å². The van der Waals surface area contributed by atoms with Gasteiger partial charge in [0.2, 0.25) is 5.95 Å². The van der Waals surface area contributed by atoms with Crippen molar-refractivity contribution in [1.29, 1.82) is 0 Å². The third-order valence-electron chi connectivity index (χ3n) is 3.04. The van der Waals surface area contributed by atoms with E-state index in [0.29, 0.717) is 10.9 Å². The third kappa shape index (κ3) is 1.83. The molecule has 0 bridgehead atoms. The zero-order valence-corrected chi connectivity index (χ0v) is 11.5. The van der Waals surface area contributed by atoms with Crippen LogP contribution >= 0.6 is 0 Å². The monoisotopic (exact) mass is 288 g/mol. The summed E-state index contributed by atoms with van der Waals surface area (Å²) in [4.78, 5) is 8.10. The highest BCUT2D eigenvalue weighted by molar-refractivity contribution is 7.90. The summed E-state index contributed by atoms with van der Waals surface area (Å²) in [7, 11) is -3.70. The first-order valence-corrected chi connectivity index (χ1v) is 7.35. The molecule has 2 heterocycles. The first-order chi connectivity index (χ1) is 9.50. The lowest BCUT2D eigenvalue weighted by Gasteiger charge is -2.09. The van der Waals surface area contributed by atoms with Gasteiger partial charge in [0.1, 0.15) is 0 Å². The molecule has 1 aromatic carbocycles. The van der Waals surface area contributed by atoms with Crippen molar-refractivity contribution in [2.75, 3.05) is 5.73 Å². The van der Waals surface area contributed by atoms with Crippen LogP contribution in [0, 0.1) is 6.92 Å². The molecule has 0 spiro atoms. The molecule has 0 atom stereocenters. The fourth-order valence-corrected chi connectivity index (χ4v) is 3.59. The van der Waals surface area contributed by atoms with Crippen LogP contribution in [0.4, 0.5) is 5.95 Å². The van der Waals surface area contributed by atoms with Crippen molar-refractivity contribution in [1.82, 2.24) is 13.9 Å². The molecule has 0 fully saturated rings. The Bertz CT molecular complexity index is 900. The highest BCUT2D eigenvalue weighted by atomic mass is 32.2. The number of fused-ring (bicyclic) bond motifs is 1. The second kappa shape index (κ2) is 4.31. The first-order valence-electron chi connectivity index (χ1n) is 5.91. The van der Waals surface area contributed by atoms with E-state index >= 15 is 0 Å². The molecular weight excluding hydrogens is 276 g/mol. The molecular formula is C13H12N4O2S. The minimum Gasteiger partial charge on any atom is -0.368 e. The lowest BCUT2D eigenvalue weighted by Crippen LogP contribution is -2.14. The van der Waals surface area contributed by atoms with Crippen molar-refractivity contribution in [2.45, 2.75) is 11.8 Å². The fourth-order valence-electron chi connectivity index (χ4n) is 2.05. The lowest BCUT2D eigenvalue weighted by molar-refractivity contribution is 0.588. The summed E-state index contributed by atoms with van der Waals surface area (Å²) >= 11 is 0. The van der Waals surface area contributed by atoms with Gasteiger partial charge in [-0.2, -0.15) is 4.98 Å². The van der Waals surface area contributed by atoms with Gasteiger partial charge in [0.15, 0.2) is 5.65 Å². The van der Waals surface area contributed by atoms with Crippen molar-refractivity contribution in [3.63, 3.8) is 0 Å². The number of hydrogen-bond acceptors (Lipinski definition) is 5. The van der Waals surface area contributed by atoms with E-state index in [9.17, 15) is 8.42 Å². The summed E-state index contributed by atoms with van der Waals surface area (Å²) in [6, 6.07) is 8.45. The molecule has 2 aromatic heterocycles. The Labute approximate surface area is 115 Å². The van der Waals surface area contributed by atoms with Gasteiger partial charge in [0, 0.05) is 17.8 Å². The van der Waals surface area contributed by atoms with Crippen LogP contribution in [-0.4, -0.2) is 22.4 Å². The Balaban J connectivity index is 2.30. The van der Waals surface area contributed by atoms with Crippen molar-refractivity contribution in [3.8, 4) is 0 Å². The summed E-state index contributed by atoms with van der Waals surface area (Å²) in [6.07, 6.45) is 2.96.